The summed E-state index contributed by atoms with van der Waals surface area (Å²) in [6.45, 7) is 1.17. The van der Waals surface area contributed by atoms with Crippen LogP contribution in [0.15, 0.2) is 29.3 Å². The van der Waals surface area contributed by atoms with Crippen molar-refractivity contribution in [2.75, 3.05) is 49.0 Å². The van der Waals surface area contributed by atoms with E-state index in [9.17, 15) is 18.0 Å². The first-order valence-corrected chi connectivity index (χ1v) is 7.66. The van der Waals surface area contributed by atoms with Gasteiger partial charge in [-0.2, -0.15) is 13.2 Å². The molecule has 0 saturated carbocycles. The second-order valence-electron chi connectivity index (χ2n) is 7.09. The second-order valence-corrected chi connectivity index (χ2v) is 8.04. The summed E-state index contributed by atoms with van der Waals surface area (Å²) < 4.78 is 37.4. The van der Waals surface area contributed by atoms with E-state index in [2.05, 4.69) is 42.3 Å². The fourth-order valence-electron chi connectivity index (χ4n) is 1.97. The number of allylic oxidation sites excluding steroid dienone is 2. The van der Waals surface area contributed by atoms with E-state index in [0.717, 1.165) is 20.3 Å². The number of aliphatic hydroxyl groups is 1. The third-order valence-electron chi connectivity index (χ3n) is 2.17. The van der Waals surface area contributed by atoms with Gasteiger partial charge in [-0.25, -0.2) is 0 Å². The van der Waals surface area contributed by atoms with E-state index in [0.29, 0.717) is 0 Å². The number of halogens is 3. The van der Waals surface area contributed by atoms with Crippen LogP contribution >= 0.6 is 11.3 Å². The minimum absolute atomic E-state index is 0. The van der Waals surface area contributed by atoms with Gasteiger partial charge in [-0.15, -0.1) is 11.3 Å². The van der Waals surface area contributed by atoms with Gasteiger partial charge < -0.3 is 5.11 Å². The van der Waals surface area contributed by atoms with Crippen LogP contribution < -0.4 is 0 Å². The van der Waals surface area contributed by atoms with Gasteiger partial charge in [0.2, 0.25) is 12.4 Å². The molecule has 0 bridgehead atoms. The summed E-state index contributed by atoms with van der Waals surface area (Å²) in [5.41, 5.74) is 0. The van der Waals surface area contributed by atoms with E-state index >= 15 is 0 Å². The standard InChI is InChI=1S/C8H5F3O2S.C7H20N2.2CH4.Eu/c9-8(10,11)7(13)4-5(12)6-2-1-3-14-6;1-8(2,3)7-9(4,5)6;;;/h1-4,13H;7H2,1-6H3;2*1H4;/q;+2;;;. The van der Waals surface area contributed by atoms with Gasteiger partial charge in [0, 0.05) is 55.5 Å². The summed E-state index contributed by atoms with van der Waals surface area (Å²) in [4.78, 5) is 11.2. The molecular weight excluding hydrogens is 505 g/mol. The zero-order chi connectivity index (χ0) is 18.5. The molecule has 0 aliphatic rings. The largest absolute Gasteiger partial charge is 0.504 e. The molecule has 0 saturated heterocycles. The molecule has 1 aromatic rings. The van der Waals surface area contributed by atoms with Gasteiger partial charge in [0.25, 0.3) is 0 Å². The molecule has 0 aliphatic heterocycles. The van der Waals surface area contributed by atoms with E-state index in [-0.39, 0.29) is 75.2 Å². The third-order valence-corrected chi connectivity index (χ3v) is 3.06. The Balaban J connectivity index is -0.000000180. The quantitative estimate of drug-likeness (QED) is 0.201. The molecule has 155 valence electrons. The average molecular weight is 538 g/mol. The number of hydrogen-bond donors (Lipinski definition) is 1. The van der Waals surface area contributed by atoms with Crippen LogP contribution in [0.25, 0.3) is 0 Å². The van der Waals surface area contributed by atoms with Crippen LogP contribution in [0, 0.1) is 49.4 Å². The molecule has 4 nitrogen and oxygen atoms in total. The van der Waals surface area contributed by atoms with Gasteiger partial charge in [0.1, 0.15) is 0 Å². The smallest absolute Gasteiger partial charge is 0.448 e. The van der Waals surface area contributed by atoms with Crippen molar-refractivity contribution < 1.29 is 81.4 Å². The number of quaternary nitrogens is 2. The molecular formula is C17H33EuF3N2O2S+2. The van der Waals surface area contributed by atoms with Gasteiger partial charge in [-0.1, -0.05) is 20.9 Å². The SMILES string of the molecule is C.C.C[N+](C)(C)C[N+](C)(C)C.O=C(C=C(O)C(F)(F)F)c1cccs1.[Eu]. The minimum atomic E-state index is -4.87. The molecule has 9 heteroatoms. The Morgan fingerprint density at radius 2 is 1.54 bits per heavy atom. The molecule has 1 radical (unpaired) electrons. The normalized spacial score (nSPS) is 11.8. The first-order chi connectivity index (χ1) is 10.1. The second kappa shape index (κ2) is 13.4. The van der Waals surface area contributed by atoms with Gasteiger partial charge in [-0.05, 0) is 11.4 Å². The number of nitrogens with zero attached hydrogens (tertiary/aromatic N) is 2. The van der Waals surface area contributed by atoms with Crippen LogP contribution in [-0.4, -0.2) is 75.0 Å². The number of ketones is 1. The zero-order valence-corrected chi connectivity index (χ0v) is 17.9. The summed E-state index contributed by atoms with van der Waals surface area (Å²) >= 11 is 1.01. The molecule has 0 spiro atoms. The van der Waals surface area contributed by atoms with Gasteiger partial charge in [0.15, 0.2) is 5.78 Å². The molecule has 1 N–H and O–H groups in total. The Kier molecular flexibility index (Phi) is 17.4. The minimum Gasteiger partial charge on any atom is -0.504 e. The van der Waals surface area contributed by atoms with Crippen molar-refractivity contribution >= 4 is 17.1 Å². The van der Waals surface area contributed by atoms with Crippen LogP contribution in [0.2, 0.25) is 0 Å². The van der Waals surface area contributed by atoms with Crippen LogP contribution in [-0.2, 0) is 0 Å². The molecule has 0 amide bonds. The number of carbonyl (C=O) groups is 1. The molecule has 0 aromatic carbocycles. The van der Waals surface area contributed by atoms with Crippen LogP contribution in [0.3, 0.4) is 0 Å². The third kappa shape index (κ3) is 17.6. The van der Waals surface area contributed by atoms with Crippen molar-refractivity contribution in [1.82, 2.24) is 0 Å². The van der Waals surface area contributed by atoms with Crippen LogP contribution in [0.5, 0.6) is 0 Å². The number of rotatable bonds is 4. The summed E-state index contributed by atoms with van der Waals surface area (Å²) in [6, 6.07) is 2.92. The predicted octanol–water partition coefficient (Wildman–Crippen LogP) is 4.56. The Hall–Kier alpha value is 0.204. The fourth-order valence-corrected chi connectivity index (χ4v) is 2.60. The molecule has 1 rings (SSSR count). The number of aliphatic hydroxyl groups excluding tert-OH is 1. The van der Waals surface area contributed by atoms with E-state index in [1.807, 2.05) is 0 Å². The Labute approximate surface area is 201 Å². The summed E-state index contributed by atoms with van der Waals surface area (Å²) in [5, 5.41) is 10.0. The van der Waals surface area contributed by atoms with Gasteiger partial charge >= 0.3 is 6.18 Å². The first kappa shape index (κ1) is 33.8. The summed E-state index contributed by atoms with van der Waals surface area (Å²) in [5.74, 6) is -2.73. The van der Waals surface area contributed by atoms with E-state index in [1.165, 1.54) is 18.8 Å². The van der Waals surface area contributed by atoms with Crippen molar-refractivity contribution in [3.05, 3.63) is 34.2 Å². The fraction of sp³-hybridized carbons (Fsp3) is 0.588. The van der Waals surface area contributed by atoms with E-state index < -0.39 is 17.7 Å². The number of carbonyl (C=O) groups excluding carboxylic acids is 1. The molecule has 0 aliphatic carbocycles. The molecule has 1 aromatic heterocycles. The van der Waals surface area contributed by atoms with Crippen molar-refractivity contribution in [2.24, 2.45) is 0 Å². The van der Waals surface area contributed by atoms with Crippen LogP contribution in [0.1, 0.15) is 24.5 Å². The molecule has 0 fully saturated rings. The summed E-state index contributed by atoms with van der Waals surface area (Å²) in [7, 11) is 13.3. The van der Waals surface area contributed by atoms with Crippen molar-refractivity contribution in [3.63, 3.8) is 0 Å². The Bertz CT molecular complexity index is 520. The van der Waals surface area contributed by atoms with Crippen molar-refractivity contribution in [2.45, 2.75) is 21.0 Å². The number of thiophene rings is 1. The van der Waals surface area contributed by atoms with Crippen LogP contribution in [0.4, 0.5) is 13.2 Å². The van der Waals surface area contributed by atoms with E-state index in [1.54, 1.807) is 5.38 Å². The zero-order valence-electron chi connectivity index (χ0n) is 14.7. The Morgan fingerprint density at radius 3 is 1.77 bits per heavy atom. The maximum Gasteiger partial charge on any atom is 0.448 e. The topological polar surface area (TPSA) is 37.3 Å². The monoisotopic (exact) mass is 539 g/mol. The number of hydrogen-bond acceptors (Lipinski definition) is 3. The predicted molar refractivity (Wildman–Crippen MR) is 99.8 cm³/mol. The first-order valence-electron chi connectivity index (χ1n) is 6.78. The van der Waals surface area contributed by atoms with Crippen molar-refractivity contribution in [3.8, 4) is 0 Å². The summed E-state index contributed by atoms with van der Waals surface area (Å²) in [6.07, 6.45) is -4.70. The Morgan fingerprint density at radius 1 is 1.12 bits per heavy atom. The molecule has 0 atom stereocenters. The maximum absolute atomic E-state index is 11.8. The van der Waals surface area contributed by atoms with E-state index in [4.69, 9.17) is 5.11 Å². The number of alkyl halides is 3. The van der Waals surface area contributed by atoms with Crippen molar-refractivity contribution in [1.29, 1.82) is 0 Å². The maximum atomic E-state index is 11.8. The average Bonchev–Trinajstić information content (AvgIpc) is 2.75. The molecule has 0 unspecified atom stereocenters. The van der Waals surface area contributed by atoms with Gasteiger partial charge in [0.05, 0.1) is 47.2 Å². The van der Waals surface area contributed by atoms with Gasteiger partial charge in [-0.3, -0.25) is 13.8 Å². The molecule has 1 heterocycles. The molecule has 26 heavy (non-hydrogen) atoms.